The minimum absolute atomic E-state index is 0.406. The van der Waals surface area contributed by atoms with Crippen LogP contribution < -0.4 is 10.1 Å². The lowest BCUT2D eigenvalue weighted by Crippen LogP contribution is -2.22. The molecule has 0 saturated carbocycles. The molecule has 0 aliphatic heterocycles. The van der Waals surface area contributed by atoms with Crippen LogP contribution in [0.25, 0.3) is 0 Å². The molecule has 4 heteroatoms. The van der Waals surface area contributed by atoms with E-state index in [0.29, 0.717) is 17.7 Å². The van der Waals surface area contributed by atoms with Crippen molar-refractivity contribution in [1.82, 2.24) is 5.32 Å². The number of benzene rings is 1. The van der Waals surface area contributed by atoms with Gasteiger partial charge < -0.3 is 14.5 Å². The fourth-order valence-corrected chi connectivity index (χ4v) is 2.00. The number of hydrogen-bond acceptors (Lipinski definition) is 3. The molecule has 0 aliphatic carbocycles. The molecule has 1 heterocycles. The van der Waals surface area contributed by atoms with E-state index in [2.05, 4.69) is 19.2 Å². The van der Waals surface area contributed by atoms with E-state index in [0.717, 1.165) is 29.2 Å². The molecule has 108 valence electrons. The molecule has 0 amide bonds. The van der Waals surface area contributed by atoms with Crippen LogP contribution in [0.4, 0.5) is 0 Å². The fraction of sp³-hybridized carbons (Fsp3) is 0.375. The third-order valence-electron chi connectivity index (χ3n) is 3.05. The van der Waals surface area contributed by atoms with E-state index < -0.39 is 0 Å². The van der Waals surface area contributed by atoms with Gasteiger partial charge in [-0.2, -0.15) is 0 Å². The normalized spacial score (nSPS) is 11.1. The molecule has 0 aliphatic rings. The second-order valence-electron chi connectivity index (χ2n) is 5.10. The molecule has 1 aromatic heterocycles. The van der Waals surface area contributed by atoms with Gasteiger partial charge in [0.25, 0.3) is 0 Å². The topological polar surface area (TPSA) is 34.4 Å². The lowest BCUT2D eigenvalue weighted by atomic mass is 10.2. The van der Waals surface area contributed by atoms with Gasteiger partial charge in [0, 0.05) is 23.2 Å². The van der Waals surface area contributed by atoms with Gasteiger partial charge in [-0.25, -0.2) is 0 Å². The van der Waals surface area contributed by atoms with Gasteiger partial charge in [0.05, 0.1) is 6.26 Å². The summed E-state index contributed by atoms with van der Waals surface area (Å²) in [5.41, 5.74) is 2.18. The number of halogens is 1. The Balaban J connectivity index is 2.00. The first-order valence-corrected chi connectivity index (χ1v) is 7.11. The van der Waals surface area contributed by atoms with Crippen LogP contribution in [0.2, 0.25) is 5.02 Å². The summed E-state index contributed by atoms with van der Waals surface area (Å²) in [4.78, 5) is 0. The number of hydrogen-bond donors (Lipinski definition) is 1. The van der Waals surface area contributed by atoms with Crippen molar-refractivity contribution in [2.75, 3.05) is 0 Å². The lowest BCUT2D eigenvalue weighted by Gasteiger charge is -2.10. The Bertz CT molecular complexity index is 563. The molecular formula is C16H20ClNO2. The number of furan rings is 1. The van der Waals surface area contributed by atoms with Crippen LogP contribution in [0.3, 0.4) is 0 Å². The second-order valence-corrected chi connectivity index (χ2v) is 5.54. The van der Waals surface area contributed by atoms with E-state index in [1.54, 1.807) is 6.26 Å². The summed E-state index contributed by atoms with van der Waals surface area (Å²) in [5, 5.41) is 4.04. The van der Waals surface area contributed by atoms with Crippen LogP contribution in [-0.4, -0.2) is 6.04 Å². The number of ether oxygens (including phenoxy) is 1. The Morgan fingerprint density at radius 3 is 2.85 bits per heavy atom. The predicted molar refractivity (Wildman–Crippen MR) is 81.2 cm³/mol. The predicted octanol–water partition coefficient (Wildman–Crippen LogP) is 4.32. The van der Waals surface area contributed by atoms with Crippen molar-refractivity contribution in [1.29, 1.82) is 0 Å². The number of aryl methyl sites for hydroxylation is 1. The maximum atomic E-state index is 5.98. The summed E-state index contributed by atoms with van der Waals surface area (Å²) in [6.45, 7) is 7.41. The Labute approximate surface area is 124 Å². The Hall–Kier alpha value is -1.45. The van der Waals surface area contributed by atoms with Gasteiger partial charge >= 0.3 is 0 Å². The maximum Gasteiger partial charge on any atom is 0.146 e. The maximum absolute atomic E-state index is 5.98. The van der Waals surface area contributed by atoms with Crippen molar-refractivity contribution in [2.24, 2.45) is 0 Å². The summed E-state index contributed by atoms with van der Waals surface area (Å²) in [7, 11) is 0. The highest BCUT2D eigenvalue weighted by Gasteiger charge is 2.09. The number of rotatable bonds is 6. The van der Waals surface area contributed by atoms with E-state index in [1.807, 2.05) is 31.2 Å². The zero-order valence-electron chi connectivity index (χ0n) is 12.1. The van der Waals surface area contributed by atoms with E-state index in [1.165, 1.54) is 0 Å². The van der Waals surface area contributed by atoms with E-state index in [-0.39, 0.29) is 0 Å². The molecular weight excluding hydrogens is 274 g/mol. The minimum Gasteiger partial charge on any atom is -0.485 e. The van der Waals surface area contributed by atoms with Crippen molar-refractivity contribution in [2.45, 2.75) is 40.0 Å². The summed E-state index contributed by atoms with van der Waals surface area (Å²) in [6.07, 6.45) is 1.70. The third kappa shape index (κ3) is 4.02. The largest absolute Gasteiger partial charge is 0.485 e. The highest BCUT2D eigenvalue weighted by molar-refractivity contribution is 6.30. The second kappa shape index (κ2) is 6.82. The monoisotopic (exact) mass is 293 g/mol. The molecule has 0 unspecified atom stereocenters. The van der Waals surface area contributed by atoms with Gasteiger partial charge in [-0.1, -0.05) is 31.5 Å². The molecule has 3 nitrogen and oxygen atoms in total. The van der Waals surface area contributed by atoms with Crippen LogP contribution in [0.15, 0.2) is 34.9 Å². The summed E-state index contributed by atoms with van der Waals surface area (Å²) in [5.74, 6) is 1.63. The van der Waals surface area contributed by atoms with Crippen LogP contribution in [-0.2, 0) is 13.2 Å². The van der Waals surface area contributed by atoms with Gasteiger partial charge in [0.1, 0.15) is 18.1 Å². The minimum atomic E-state index is 0.406. The van der Waals surface area contributed by atoms with E-state index in [9.17, 15) is 0 Å². The standard InChI is InChI=1S/C16H20ClNO2/c1-11(2)18-9-13-6-7-19-16(13)10-20-15-8-14(17)5-4-12(15)3/h4-8,11,18H,9-10H2,1-3H3. The average Bonchev–Trinajstić information content (AvgIpc) is 2.85. The Morgan fingerprint density at radius 2 is 2.10 bits per heavy atom. The molecule has 0 fully saturated rings. The molecule has 1 N–H and O–H groups in total. The summed E-state index contributed by atoms with van der Waals surface area (Å²) < 4.78 is 11.3. The molecule has 1 aromatic carbocycles. The quantitative estimate of drug-likeness (QED) is 0.861. The fourth-order valence-electron chi connectivity index (χ4n) is 1.84. The van der Waals surface area contributed by atoms with Crippen LogP contribution in [0.1, 0.15) is 30.7 Å². The van der Waals surface area contributed by atoms with Crippen molar-refractivity contribution in [3.05, 3.63) is 52.4 Å². The highest BCUT2D eigenvalue weighted by Crippen LogP contribution is 2.24. The first-order chi connectivity index (χ1) is 9.56. The van der Waals surface area contributed by atoms with Gasteiger partial charge in [-0.05, 0) is 30.7 Å². The SMILES string of the molecule is Cc1ccc(Cl)cc1OCc1occc1CNC(C)C. The summed E-state index contributed by atoms with van der Waals surface area (Å²) >= 11 is 5.98. The molecule has 0 saturated heterocycles. The highest BCUT2D eigenvalue weighted by atomic mass is 35.5. The van der Waals surface area contributed by atoms with Crippen molar-refractivity contribution in [3.63, 3.8) is 0 Å². The van der Waals surface area contributed by atoms with Gasteiger partial charge in [-0.15, -0.1) is 0 Å². The summed E-state index contributed by atoms with van der Waals surface area (Å²) in [6, 6.07) is 8.04. The van der Waals surface area contributed by atoms with E-state index in [4.69, 9.17) is 20.8 Å². The number of nitrogens with one attached hydrogen (secondary N) is 1. The van der Waals surface area contributed by atoms with Gasteiger partial charge in [0.15, 0.2) is 0 Å². The lowest BCUT2D eigenvalue weighted by molar-refractivity contribution is 0.266. The van der Waals surface area contributed by atoms with Gasteiger partial charge in [-0.3, -0.25) is 0 Å². The smallest absolute Gasteiger partial charge is 0.146 e. The Morgan fingerprint density at radius 1 is 1.30 bits per heavy atom. The molecule has 0 spiro atoms. The van der Waals surface area contributed by atoms with Crippen LogP contribution in [0, 0.1) is 6.92 Å². The van der Waals surface area contributed by atoms with Gasteiger partial charge in [0.2, 0.25) is 0 Å². The average molecular weight is 294 g/mol. The van der Waals surface area contributed by atoms with Crippen LogP contribution >= 0.6 is 11.6 Å². The molecule has 20 heavy (non-hydrogen) atoms. The van der Waals surface area contributed by atoms with Crippen molar-refractivity contribution < 1.29 is 9.15 Å². The molecule has 0 atom stereocenters. The van der Waals surface area contributed by atoms with Crippen molar-refractivity contribution >= 4 is 11.6 Å². The third-order valence-corrected chi connectivity index (χ3v) is 3.28. The zero-order valence-corrected chi connectivity index (χ0v) is 12.8. The Kier molecular flexibility index (Phi) is 5.10. The van der Waals surface area contributed by atoms with Crippen molar-refractivity contribution in [3.8, 4) is 5.75 Å². The molecule has 0 bridgehead atoms. The first kappa shape index (κ1) is 14.9. The van der Waals surface area contributed by atoms with E-state index >= 15 is 0 Å². The molecule has 0 radical (unpaired) electrons. The van der Waals surface area contributed by atoms with Crippen LogP contribution in [0.5, 0.6) is 5.75 Å². The molecule has 2 rings (SSSR count). The zero-order chi connectivity index (χ0) is 14.5. The molecule has 2 aromatic rings. The first-order valence-electron chi connectivity index (χ1n) is 6.74.